The second-order valence-electron chi connectivity index (χ2n) is 5.23. The van der Waals surface area contributed by atoms with Gasteiger partial charge in [-0.3, -0.25) is 4.79 Å². The molecule has 1 aliphatic rings. The first-order valence-corrected chi connectivity index (χ1v) is 7.59. The molecule has 1 aliphatic heterocycles. The molecule has 116 valence electrons. The predicted octanol–water partition coefficient (Wildman–Crippen LogP) is 1.80. The molecule has 0 aromatic heterocycles. The number of likely N-dealkylation sites (tertiary alicyclic amines) is 1. The Kier molecular flexibility index (Phi) is 5.87. The number of nitrogens with zero attached hydrogens (tertiary/aromatic N) is 1. The van der Waals surface area contributed by atoms with E-state index in [9.17, 15) is 4.79 Å². The van der Waals surface area contributed by atoms with Crippen LogP contribution in [-0.4, -0.2) is 43.2 Å². The van der Waals surface area contributed by atoms with Crippen LogP contribution < -0.4 is 15.2 Å². The number of carbonyl (C=O) groups is 1. The first-order chi connectivity index (χ1) is 10.2. The van der Waals surface area contributed by atoms with E-state index in [-0.39, 0.29) is 18.6 Å². The average molecular weight is 292 g/mol. The van der Waals surface area contributed by atoms with Gasteiger partial charge >= 0.3 is 0 Å². The lowest BCUT2D eigenvalue weighted by atomic mass is 10.2. The zero-order chi connectivity index (χ0) is 15.1. The van der Waals surface area contributed by atoms with Crippen LogP contribution in [-0.2, 0) is 4.79 Å². The van der Waals surface area contributed by atoms with Crippen LogP contribution in [0.3, 0.4) is 0 Å². The average Bonchev–Trinajstić information content (AvgIpc) is 3.00. The van der Waals surface area contributed by atoms with Crippen LogP contribution in [0.15, 0.2) is 24.3 Å². The van der Waals surface area contributed by atoms with Crippen LogP contribution in [0.2, 0.25) is 0 Å². The topological polar surface area (TPSA) is 64.8 Å². The molecule has 0 bridgehead atoms. The highest BCUT2D eigenvalue weighted by Crippen LogP contribution is 2.19. The summed E-state index contributed by atoms with van der Waals surface area (Å²) in [7, 11) is 0. The Morgan fingerprint density at radius 1 is 1.29 bits per heavy atom. The van der Waals surface area contributed by atoms with Gasteiger partial charge in [-0.15, -0.1) is 0 Å². The van der Waals surface area contributed by atoms with Crippen molar-refractivity contribution < 1.29 is 14.3 Å². The standard InChI is InChI=1S/C16H24N2O3/c1-2-10-20-14-5-7-15(8-6-14)21-12-16(19)18-9-3-4-13(18)11-17/h5-8,13H,2-4,9-12,17H2,1H3. The van der Waals surface area contributed by atoms with Crippen molar-refractivity contribution in [2.24, 2.45) is 5.73 Å². The number of hydrogen-bond donors (Lipinski definition) is 1. The highest BCUT2D eigenvalue weighted by atomic mass is 16.5. The molecule has 1 unspecified atom stereocenters. The fourth-order valence-electron chi connectivity index (χ4n) is 2.49. The maximum atomic E-state index is 12.1. The quantitative estimate of drug-likeness (QED) is 0.832. The van der Waals surface area contributed by atoms with Crippen molar-refractivity contribution >= 4 is 5.91 Å². The molecule has 0 spiro atoms. The fourth-order valence-corrected chi connectivity index (χ4v) is 2.49. The van der Waals surface area contributed by atoms with Gasteiger partial charge in [-0.05, 0) is 43.5 Å². The zero-order valence-electron chi connectivity index (χ0n) is 12.6. The molecule has 1 fully saturated rings. The minimum Gasteiger partial charge on any atom is -0.494 e. The maximum Gasteiger partial charge on any atom is 0.260 e. The van der Waals surface area contributed by atoms with Crippen LogP contribution >= 0.6 is 0 Å². The lowest BCUT2D eigenvalue weighted by Gasteiger charge is -2.23. The van der Waals surface area contributed by atoms with Gasteiger partial charge in [0.05, 0.1) is 6.61 Å². The summed E-state index contributed by atoms with van der Waals surface area (Å²) >= 11 is 0. The second kappa shape index (κ2) is 7.88. The van der Waals surface area contributed by atoms with Gasteiger partial charge in [0.2, 0.25) is 0 Å². The lowest BCUT2D eigenvalue weighted by molar-refractivity contribution is -0.134. The van der Waals surface area contributed by atoms with Gasteiger partial charge in [-0.25, -0.2) is 0 Å². The Hall–Kier alpha value is -1.75. The van der Waals surface area contributed by atoms with E-state index < -0.39 is 0 Å². The summed E-state index contributed by atoms with van der Waals surface area (Å²) in [4.78, 5) is 13.9. The minimum absolute atomic E-state index is 0.00857. The van der Waals surface area contributed by atoms with E-state index in [0.717, 1.165) is 31.6 Å². The molecule has 1 aromatic rings. The van der Waals surface area contributed by atoms with Crippen LogP contribution in [0.25, 0.3) is 0 Å². The molecular formula is C16H24N2O3. The van der Waals surface area contributed by atoms with E-state index in [1.807, 2.05) is 29.2 Å². The second-order valence-corrected chi connectivity index (χ2v) is 5.23. The van der Waals surface area contributed by atoms with E-state index in [1.165, 1.54) is 0 Å². The number of rotatable bonds is 7. The molecule has 0 aliphatic carbocycles. The molecule has 5 heteroatoms. The summed E-state index contributed by atoms with van der Waals surface area (Å²) in [5.41, 5.74) is 5.68. The van der Waals surface area contributed by atoms with Gasteiger partial charge in [0, 0.05) is 19.1 Å². The van der Waals surface area contributed by atoms with Crippen LogP contribution in [0.5, 0.6) is 11.5 Å². The normalized spacial score (nSPS) is 17.8. The minimum atomic E-state index is 0.00857. The third-order valence-corrected chi connectivity index (χ3v) is 3.63. The van der Waals surface area contributed by atoms with Gasteiger partial charge in [0.25, 0.3) is 5.91 Å². The van der Waals surface area contributed by atoms with Crippen molar-refractivity contribution in [3.05, 3.63) is 24.3 Å². The van der Waals surface area contributed by atoms with Crippen molar-refractivity contribution in [1.82, 2.24) is 4.90 Å². The molecule has 1 atom stereocenters. The summed E-state index contributed by atoms with van der Waals surface area (Å²) in [6.45, 7) is 4.14. The Labute approximate surface area is 126 Å². The van der Waals surface area contributed by atoms with Crippen molar-refractivity contribution in [2.45, 2.75) is 32.2 Å². The zero-order valence-corrected chi connectivity index (χ0v) is 12.6. The molecule has 21 heavy (non-hydrogen) atoms. The van der Waals surface area contributed by atoms with E-state index in [0.29, 0.717) is 18.9 Å². The highest BCUT2D eigenvalue weighted by molar-refractivity contribution is 5.78. The summed E-state index contributed by atoms with van der Waals surface area (Å²) in [5, 5.41) is 0. The third kappa shape index (κ3) is 4.36. The molecule has 1 saturated heterocycles. The Morgan fingerprint density at radius 2 is 1.95 bits per heavy atom. The molecule has 0 saturated carbocycles. The Morgan fingerprint density at radius 3 is 2.57 bits per heavy atom. The predicted molar refractivity (Wildman–Crippen MR) is 81.5 cm³/mol. The summed E-state index contributed by atoms with van der Waals surface area (Å²) in [5.74, 6) is 1.50. The van der Waals surface area contributed by atoms with Gasteiger partial charge in [0.1, 0.15) is 11.5 Å². The lowest BCUT2D eigenvalue weighted by Crippen LogP contribution is -2.42. The van der Waals surface area contributed by atoms with E-state index in [4.69, 9.17) is 15.2 Å². The molecule has 5 nitrogen and oxygen atoms in total. The summed E-state index contributed by atoms with van der Waals surface area (Å²) in [6, 6.07) is 7.53. The molecule has 1 amide bonds. The third-order valence-electron chi connectivity index (χ3n) is 3.63. The van der Waals surface area contributed by atoms with Crippen LogP contribution in [0.1, 0.15) is 26.2 Å². The van der Waals surface area contributed by atoms with Crippen molar-refractivity contribution in [3.8, 4) is 11.5 Å². The number of ether oxygens (including phenoxy) is 2. The number of benzene rings is 1. The van der Waals surface area contributed by atoms with E-state index in [2.05, 4.69) is 6.92 Å². The first kappa shape index (κ1) is 15.6. The summed E-state index contributed by atoms with van der Waals surface area (Å²) < 4.78 is 11.0. The fraction of sp³-hybridized carbons (Fsp3) is 0.562. The molecule has 2 N–H and O–H groups in total. The van der Waals surface area contributed by atoms with Crippen LogP contribution in [0.4, 0.5) is 0 Å². The number of nitrogens with two attached hydrogens (primary N) is 1. The number of amides is 1. The van der Waals surface area contributed by atoms with Crippen molar-refractivity contribution in [2.75, 3.05) is 26.3 Å². The first-order valence-electron chi connectivity index (χ1n) is 7.59. The van der Waals surface area contributed by atoms with Gasteiger partial charge in [0.15, 0.2) is 6.61 Å². The number of carbonyl (C=O) groups excluding carboxylic acids is 1. The SMILES string of the molecule is CCCOc1ccc(OCC(=O)N2CCCC2CN)cc1. The molecule has 2 rings (SSSR count). The summed E-state index contributed by atoms with van der Waals surface area (Å²) in [6.07, 6.45) is 2.99. The van der Waals surface area contributed by atoms with E-state index in [1.54, 1.807) is 0 Å². The molecule has 0 radical (unpaired) electrons. The monoisotopic (exact) mass is 292 g/mol. The maximum absolute atomic E-state index is 12.1. The number of hydrogen-bond acceptors (Lipinski definition) is 4. The smallest absolute Gasteiger partial charge is 0.260 e. The molecular weight excluding hydrogens is 268 g/mol. The largest absolute Gasteiger partial charge is 0.494 e. The van der Waals surface area contributed by atoms with Gasteiger partial charge in [-0.2, -0.15) is 0 Å². The molecule has 1 aromatic carbocycles. The van der Waals surface area contributed by atoms with Crippen molar-refractivity contribution in [3.63, 3.8) is 0 Å². The van der Waals surface area contributed by atoms with Crippen LogP contribution in [0, 0.1) is 0 Å². The Bertz CT molecular complexity index is 447. The van der Waals surface area contributed by atoms with E-state index >= 15 is 0 Å². The van der Waals surface area contributed by atoms with Crippen molar-refractivity contribution in [1.29, 1.82) is 0 Å². The highest BCUT2D eigenvalue weighted by Gasteiger charge is 2.27. The molecule has 1 heterocycles. The van der Waals surface area contributed by atoms with Gasteiger partial charge < -0.3 is 20.1 Å². The van der Waals surface area contributed by atoms with Gasteiger partial charge in [-0.1, -0.05) is 6.92 Å². The Balaban J connectivity index is 1.81.